The average molecular weight is 365 g/mol. The number of nitrogens with zero attached hydrogens (tertiary/aromatic N) is 2. The van der Waals surface area contributed by atoms with Crippen LogP contribution in [-0.2, 0) is 16.0 Å². The molecule has 2 saturated heterocycles. The Balaban J connectivity index is 1.48. The maximum absolute atomic E-state index is 13.2. The molecule has 5 nitrogen and oxygen atoms in total. The fourth-order valence-electron chi connectivity index (χ4n) is 3.26. The van der Waals surface area contributed by atoms with Gasteiger partial charge in [0.2, 0.25) is 11.8 Å². The minimum atomic E-state index is -0.271. The van der Waals surface area contributed by atoms with Crippen molar-refractivity contribution in [1.82, 2.24) is 15.1 Å². The van der Waals surface area contributed by atoms with E-state index < -0.39 is 0 Å². The number of halogens is 1. The van der Waals surface area contributed by atoms with E-state index in [1.165, 1.54) is 12.1 Å². The van der Waals surface area contributed by atoms with Crippen LogP contribution in [0.4, 0.5) is 4.39 Å². The second-order valence-corrected chi connectivity index (χ2v) is 7.49. The van der Waals surface area contributed by atoms with Crippen LogP contribution in [0.3, 0.4) is 0 Å². The molecular formula is C18H24FN3O2S. The standard InChI is InChI=1S/C18H24FN3O2S/c19-15-4-1-3-14(11-15)5-6-17(23)21-7-2-8-22(10-9-21)18(24)16-12-25-13-20-16/h1,3-4,11,16,20H,2,5-10,12-13H2. The number of rotatable bonds is 4. The first-order valence-electron chi connectivity index (χ1n) is 8.75. The number of aryl methyl sites for hydroxylation is 1. The molecule has 0 radical (unpaired) electrons. The van der Waals surface area contributed by atoms with Crippen LogP contribution in [0.5, 0.6) is 0 Å². The molecule has 1 aromatic carbocycles. The molecule has 2 fully saturated rings. The fourth-order valence-corrected chi connectivity index (χ4v) is 4.20. The Hall–Kier alpha value is -1.60. The van der Waals surface area contributed by atoms with Crippen molar-refractivity contribution >= 4 is 23.6 Å². The van der Waals surface area contributed by atoms with E-state index in [-0.39, 0.29) is 23.7 Å². The molecule has 3 rings (SSSR count). The average Bonchev–Trinajstić information content (AvgIpc) is 3.03. The molecule has 1 unspecified atom stereocenters. The number of nitrogens with one attached hydrogen (secondary N) is 1. The van der Waals surface area contributed by atoms with Crippen LogP contribution in [0.25, 0.3) is 0 Å². The van der Waals surface area contributed by atoms with Gasteiger partial charge in [0.1, 0.15) is 5.82 Å². The van der Waals surface area contributed by atoms with Gasteiger partial charge in [-0.05, 0) is 30.5 Å². The summed E-state index contributed by atoms with van der Waals surface area (Å²) in [4.78, 5) is 28.7. The lowest BCUT2D eigenvalue weighted by Gasteiger charge is -2.24. The summed E-state index contributed by atoms with van der Waals surface area (Å²) in [5.41, 5.74) is 0.838. The predicted octanol–water partition coefficient (Wildman–Crippen LogP) is 1.48. The maximum atomic E-state index is 13.2. The second-order valence-electron chi connectivity index (χ2n) is 6.46. The first-order valence-corrected chi connectivity index (χ1v) is 9.91. The van der Waals surface area contributed by atoms with Crippen molar-refractivity contribution in [2.24, 2.45) is 0 Å². The van der Waals surface area contributed by atoms with Gasteiger partial charge in [0.25, 0.3) is 0 Å². The molecule has 0 spiro atoms. The zero-order chi connectivity index (χ0) is 17.6. The number of thioether (sulfide) groups is 1. The van der Waals surface area contributed by atoms with Crippen LogP contribution in [0.1, 0.15) is 18.4 Å². The third kappa shape index (κ3) is 4.95. The van der Waals surface area contributed by atoms with E-state index in [9.17, 15) is 14.0 Å². The van der Waals surface area contributed by atoms with Gasteiger partial charge in [0.15, 0.2) is 0 Å². The third-order valence-electron chi connectivity index (χ3n) is 4.69. The quantitative estimate of drug-likeness (QED) is 0.878. The lowest BCUT2D eigenvalue weighted by atomic mass is 10.1. The molecule has 25 heavy (non-hydrogen) atoms. The highest BCUT2D eigenvalue weighted by Crippen LogP contribution is 2.14. The Labute approximate surface area is 151 Å². The molecule has 2 heterocycles. The predicted molar refractivity (Wildman–Crippen MR) is 96.7 cm³/mol. The molecule has 2 aliphatic rings. The molecule has 0 aliphatic carbocycles. The number of carbonyl (C=O) groups excluding carboxylic acids is 2. The van der Waals surface area contributed by atoms with Crippen molar-refractivity contribution in [1.29, 1.82) is 0 Å². The molecule has 1 aromatic rings. The zero-order valence-corrected chi connectivity index (χ0v) is 15.1. The summed E-state index contributed by atoms with van der Waals surface area (Å²) >= 11 is 1.74. The van der Waals surface area contributed by atoms with Crippen LogP contribution in [0.15, 0.2) is 24.3 Å². The van der Waals surface area contributed by atoms with Crippen molar-refractivity contribution < 1.29 is 14.0 Å². The molecule has 0 saturated carbocycles. The second kappa shape index (κ2) is 8.67. The highest BCUT2D eigenvalue weighted by Gasteiger charge is 2.29. The summed E-state index contributed by atoms with van der Waals surface area (Å²) in [6.07, 6.45) is 1.72. The summed E-state index contributed by atoms with van der Waals surface area (Å²) in [6, 6.07) is 6.30. The molecule has 2 amide bonds. The van der Waals surface area contributed by atoms with E-state index in [2.05, 4.69) is 5.32 Å². The Bertz CT molecular complexity index is 622. The van der Waals surface area contributed by atoms with Gasteiger partial charge >= 0.3 is 0 Å². The number of benzene rings is 1. The van der Waals surface area contributed by atoms with E-state index in [0.29, 0.717) is 39.0 Å². The molecule has 136 valence electrons. The number of carbonyl (C=O) groups is 2. The van der Waals surface area contributed by atoms with Gasteiger partial charge in [-0.3, -0.25) is 14.9 Å². The molecule has 0 aromatic heterocycles. The van der Waals surface area contributed by atoms with Gasteiger partial charge in [0, 0.05) is 44.2 Å². The smallest absolute Gasteiger partial charge is 0.240 e. The summed E-state index contributed by atoms with van der Waals surface area (Å²) in [5, 5.41) is 3.21. The van der Waals surface area contributed by atoms with Crippen LogP contribution in [-0.4, -0.2) is 65.5 Å². The van der Waals surface area contributed by atoms with Crippen LogP contribution in [0.2, 0.25) is 0 Å². The van der Waals surface area contributed by atoms with Gasteiger partial charge < -0.3 is 9.80 Å². The Kier molecular flexibility index (Phi) is 6.31. The van der Waals surface area contributed by atoms with Gasteiger partial charge in [-0.2, -0.15) is 0 Å². The van der Waals surface area contributed by atoms with Crippen LogP contribution < -0.4 is 5.32 Å². The summed E-state index contributed by atoms with van der Waals surface area (Å²) in [5.74, 6) is 1.61. The molecule has 7 heteroatoms. The molecule has 1 N–H and O–H groups in total. The van der Waals surface area contributed by atoms with Gasteiger partial charge in [-0.1, -0.05) is 12.1 Å². The van der Waals surface area contributed by atoms with Gasteiger partial charge in [0.05, 0.1) is 6.04 Å². The summed E-state index contributed by atoms with van der Waals surface area (Å²) < 4.78 is 13.2. The van der Waals surface area contributed by atoms with E-state index in [1.54, 1.807) is 17.8 Å². The summed E-state index contributed by atoms with van der Waals surface area (Å²) in [7, 11) is 0. The van der Waals surface area contributed by atoms with Crippen LogP contribution >= 0.6 is 11.8 Å². The molecular weight excluding hydrogens is 341 g/mol. The Morgan fingerprint density at radius 1 is 1.20 bits per heavy atom. The number of hydrogen-bond acceptors (Lipinski definition) is 4. The maximum Gasteiger partial charge on any atom is 0.240 e. The monoisotopic (exact) mass is 365 g/mol. The van der Waals surface area contributed by atoms with E-state index in [0.717, 1.165) is 23.6 Å². The van der Waals surface area contributed by atoms with Gasteiger partial charge in [-0.25, -0.2) is 4.39 Å². The highest BCUT2D eigenvalue weighted by atomic mass is 32.2. The SMILES string of the molecule is O=C(CCc1cccc(F)c1)N1CCCN(C(=O)C2CSCN2)CC1. The van der Waals surface area contributed by atoms with Crippen molar-refractivity contribution in [3.05, 3.63) is 35.6 Å². The lowest BCUT2D eigenvalue weighted by molar-refractivity contribution is -0.134. The minimum Gasteiger partial charge on any atom is -0.341 e. The topological polar surface area (TPSA) is 52.7 Å². The number of amides is 2. The van der Waals surface area contributed by atoms with Gasteiger partial charge in [-0.15, -0.1) is 11.8 Å². The Morgan fingerprint density at radius 3 is 2.76 bits per heavy atom. The summed E-state index contributed by atoms with van der Waals surface area (Å²) in [6.45, 7) is 2.55. The van der Waals surface area contributed by atoms with Crippen molar-refractivity contribution in [3.63, 3.8) is 0 Å². The largest absolute Gasteiger partial charge is 0.341 e. The van der Waals surface area contributed by atoms with Crippen LogP contribution in [0, 0.1) is 5.82 Å². The highest BCUT2D eigenvalue weighted by molar-refractivity contribution is 7.99. The zero-order valence-electron chi connectivity index (χ0n) is 14.2. The molecule has 2 aliphatic heterocycles. The Morgan fingerprint density at radius 2 is 2.00 bits per heavy atom. The number of hydrogen-bond donors (Lipinski definition) is 1. The van der Waals surface area contributed by atoms with E-state index in [1.807, 2.05) is 15.9 Å². The fraction of sp³-hybridized carbons (Fsp3) is 0.556. The van der Waals surface area contributed by atoms with E-state index >= 15 is 0 Å². The minimum absolute atomic E-state index is 0.0770. The van der Waals surface area contributed by atoms with Crippen molar-refractivity contribution in [2.75, 3.05) is 37.8 Å². The van der Waals surface area contributed by atoms with Crippen molar-refractivity contribution in [3.8, 4) is 0 Å². The first kappa shape index (κ1) is 18.2. The molecule has 0 bridgehead atoms. The van der Waals surface area contributed by atoms with E-state index in [4.69, 9.17) is 0 Å². The normalized spacial score (nSPS) is 21.2. The van der Waals surface area contributed by atoms with Crippen molar-refractivity contribution in [2.45, 2.75) is 25.3 Å². The molecule has 1 atom stereocenters. The third-order valence-corrected chi connectivity index (χ3v) is 5.63. The lowest BCUT2D eigenvalue weighted by Crippen LogP contribution is -2.46. The first-order chi connectivity index (χ1) is 12.1.